The normalized spacial score (nSPS) is 10.7. The number of benzene rings is 3. The van der Waals surface area contributed by atoms with Crippen molar-refractivity contribution in [2.24, 2.45) is 0 Å². The summed E-state index contributed by atoms with van der Waals surface area (Å²) in [6.07, 6.45) is 0.840. The van der Waals surface area contributed by atoms with Crippen LogP contribution in [0.3, 0.4) is 0 Å². The van der Waals surface area contributed by atoms with Crippen LogP contribution in [-0.2, 0) is 19.6 Å². The maximum absolute atomic E-state index is 13.1. The lowest BCUT2D eigenvalue weighted by atomic mass is 10.1. The largest absolute Gasteiger partial charge is 0.493 e. The standard InChI is InChI=1S/C24H25ClFNO3/c1-28-23-9-5-17(13-24(23)29-2)11-12-27-15-19-14-20(25)6-10-22(19)30-16-18-3-7-21(26)8-4-18/h3-10,13-14,27H,11-12,15-16H2,1-2H3. The van der Waals surface area contributed by atoms with E-state index in [9.17, 15) is 4.39 Å². The lowest BCUT2D eigenvalue weighted by Gasteiger charge is -2.13. The van der Waals surface area contributed by atoms with Crippen molar-refractivity contribution < 1.29 is 18.6 Å². The Morgan fingerprint density at radius 1 is 0.833 bits per heavy atom. The molecule has 0 unspecified atom stereocenters. The van der Waals surface area contributed by atoms with Crippen LogP contribution in [0, 0.1) is 5.82 Å². The average Bonchev–Trinajstić information content (AvgIpc) is 2.77. The van der Waals surface area contributed by atoms with Gasteiger partial charge in [0.25, 0.3) is 0 Å². The zero-order valence-corrected chi connectivity index (χ0v) is 17.8. The first-order valence-electron chi connectivity index (χ1n) is 9.66. The van der Waals surface area contributed by atoms with Crippen LogP contribution in [0.4, 0.5) is 4.39 Å². The van der Waals surface area contributed by atoms with Crippen LogP contribution < -0.4 is 19.5 Å². The molecule has 30 heavy (non-hydrogen) atoms. The molecule has 0 heterocycles. The van der Waals surface area contributed by atoms with Gasteiger partial charge in [-0.15, -0.1) is 0 Å². The van der Waals surface area contributed by atoms with E-state index in [1.807, 2.05) is 30.3 Å². The number of methoxy groups -OCH3 is 2. The number of ether oxygens (including phenoxy) is 3. The first-order chi connectivity index (χ1) is 14.6. The molecule has 1 N–H and O–H groups in total. The third-order valence-electron chi connectivity index (χ3n) is 4.68. The van der Waals surface area contributed by atoms with Crippen LogP contribution in [0.15, 0.2) is 60.7 Å². The van der Waals surface area contributed by atoms with Crippen molar-refractivity contribution in [1.29, 1.82) is 0 Å². The van der Waals surface area contributed by atoms with Gasteiger partial charge in [0.1, 0.15) is 18.2 Å². The number of rotatable bonds is 10. The average molecular weight is 430 g/mol. The van der Waals surface area contributed by atoms with E-state index in [4.69, 9.17) is 25.8 Å². The van der Waals surface area contributed by atoms with E-state index in [-0.39, 0.29) is 5.82 Å². The topological polar surface area (TPSA) is 39.7 Å². The van der Waals surface area contributed by atoms with Gasteiger partial charge in [-0.2, -0.15) is 0 Å². The summed E-state index contributed by atoms with van der Waals surface area (Å²) in [7, 11) is 3.26. The smallest absolute Gasteiger partial charge is 0.160 e. The number of hydrogen-bond donors (Lipinski definition) is 1. The lowest BCUT2D eigenvalue weighted by molar-refractivity contribution is 0.302. The Balaban J connectivity index is 1.56. The molecular formula is C24H25ClFNO3. The van der Waals surface area contributed by atoms with Gasteiger partial charge in [0.2, 0.25) is 0 Å². The molecule has 0 spiro atoms. The number of nitrogens with one attached hydrogen (secondary N) is 1. The summed E-state index contributed by atoms with van der Waals surface area (Å²) in [6, 6.07) is 17.8. The molecule has 0 bridgehead atoms. The van der Waals surface area contributed by atoms with Crippen molar-refractivity contribution in [3.8, 4) is 17.2 Å². The predicted octanol–water partition coefficient (Wildman–Crippen LogP) is 5.41. The Labute approximate surface area is 181 Å². The molecule has 0 aliphatic rings. The molecule has 0 amide bonds. The van der Waals surface area contributed by atoms with Crippen LogP contribution in [-0.4, -0.2) is 20.8 Å². The zero-order valence-electron chi connectivity index (χ0n) is 17.1. The first kappa shape index (κ1) is 21.9. The van der Waals surface area contributed by atoms with Gasteiger partial charge in [-0.3, -0.25) is 0 Å². The highest BCUT2D eigenvalue weighted by Gasteiger charge is 2.07. The summed E-state index contributed by atoms with van der Waals surface area (Å²) in [5.74, 6) is 1.93. The second-order valence-corrected chi connectivity index (χ2v) is 7.22. The summed E-state index contributed by atoms with van der Waals surface area (Å²) in [6.45, 7) is 1.76. The van der Waals surface area contributed by atoms with E-state index in [0.29, 0.717) is 18.2 Å². The molecule has 0 saturated heterocycles. The van der Waals surface area contributed by atoms with Gasteiger partial charge in [-0.05, 0) is 66.6 Å². The van der Waals surface area contributed by atoms with Gasteiger partial charge in [-0.1, -0.05) is 29.8 Å². The summed E-state index contributed by atoms with van der Waals surface area (Å²) in [5.41, 5.74) is 3.02. The van der Waals surface area contributed by atoms with Gasteiger partial charge in [0, 0.05) is 17.1 Å². The van der Waals surface area contributed by atoms with E-state index in [2.05, 4.69) is 5.32 Å². The van der Waals surface area contributed by atoms with Crippen molar-refractivity contribution in [3.05, 3.63) is 88.2 Å². The summed E-state index contributed by atoms with van der Waals surface area (Å²) < 4.78 is 29.6. The lowest BCUT2D eigenvalue weighted by Crippen LogP contribution is -2.17. The predicted molar refractivity (Wildman–Crippen MR) is 117 cm³/mol. The Bertz CT molecular complexity index is 963. The van der Waals surface area contributed by atoms with E-state index in [1.54, 1.807) is 32.4 Å². The van der Waals surface area contributed by atoms with Gasteiger partial charge in [0.05, 0.1) is 14.2 Å². The molecule has 0 fully saturated rings. The molecular weight excluding hydrogens is 405 g/mol. The molecule has 3 aromatic carbocycles. The Morgan fingerprint density at radius 2 is 1.53 bits per heavy atom. The van der Waals surface area contributed by atoms with E-state index in [0.717, 1.165) is 46.9 Å². The zero-order chi connectivity index (χ0) is 21.3. The van der Waals surface area contributed by atoms with Gasteiger partial charge >= 0.3 is 0 Å². The second kappa shape index (κ2) is 10.9. The third-order valence-corrected chi connectivity index (χ3v) is 4.92. The van der Waals surface area contributed by atoms with Crippen LogP contribution in [0.25, 0.3) is 0 Å². The van der Waals surface area contributed by atoms with Gasteiger partial charge in [0.15, 0.2) is 11.5 Å². The molecule has 0 radical (unpaired) electrons. The van der Waals surface area contributed by atoms with Crippen LogP contribution in [0.5, 0.6) is 17.2 Å². The molecule has 158 valence electrons. The Hall–Kier alpha value is -2.76. The molecule has 3 aromatic rings. The molecule has 0 atom stereocenters. The molecule has 3 rings (SSSR count). The van der Waals surface area contributed by atoms with Crippen molar-refractivity contribution >= 4 is 11.6 Å². The van der Waals surface area contributed by atoms with E-state index in [1.165, 1.54) is 12.1 Å². The molecule has 0 aliphatic heterocycles. The number of halogens is 2. The van der Waals surface area contributed by atoms with Crippen LogP contribution in [0.1, 0.15) is 16.7 Å². The van der Waals surface area contributed by atoms with Gasteiger partial charge < -0.3 is 19.5 Å². The van der Waals surface area contributed by atoms with Gasteiger partial charge in [-0.25, -0.2) is 4.39 Å². The molecule has 0 aliphatic carbocycles. The molecule has 0 saturated carbocycles. The molecule has 0 aromatic heterocycles. The monoisotopic (exact) mass is 429 g/mol. The maximum atomic E-state index is 13.1. The molecule has 6 heteroatoms. The van der Waals surface area contributed by atoms with Crippen molar-refractivity contribution in [2.75, 3.05) is 20.8 Å². The first-order valence-corrected chi connectivity index (χ1v) is 10.0. The van der Waals surface area contributed by atoms with Crippen LogP contribution >= 0.6 is 11.6 Å². The SMILES string of the molecule is COc1ccc(CCNCc2cc(Cl)ccc2OCc2ccc(F)cc2)cc1OC. The third kappa shape index (κ3) is 6.12. The van der Waals surface area contributed by atoms with E-state index >= 15 is 0 Å². The highest BCUT2D eigenvalue weighted by Crippen LogP contribution is 2.28. The molecule has 4 nitrogen and oxygen atoms in total. The van der Waals surface area contributed by atoms with Crippen molar-refractivity contribution in [2.45, 2.75) is 19.6 Å². The summed E-state index contributed by atoms with van der Waals surface area (Å²) in [4.78, 5) is 0. The fourth-order valence-corrected chi connectivity index (χ4v) is 3.26. The fraction of sp³-hybridized carbons (Fsp3) is 0.250. The van der Waals surface area contributed by atoms with Crippen molar-refractivity contribution in [3.63, 3.8) is 0 Å². The quantitative estimate of drug-likeness (QED) is 0.437. The highest BCUT2D eigenvalue weighted by molar-refractivity contribution is 6.30. The minimum Gasteiger partial charge on any atom is -0.493 e. The highest BCUT2D eigenvalue weighted by atomic mass is 35.5. The van der Waals surface area contributed by atoms with Crippen LogP contribution in [0.2, 0.25) is 5.02 Å². The Kier molecular flexibility index (Phi) is 7.94. The summed E-state index contributed by atoms with van der Waals surface area (Å²) >= 11 is 6.17. The summed E-state index contributed by atoms with van der Waals surface area (Å²) in [5, 5.41) is 4.08. The second-order valence-electron chi connectivity index (χ2n) is 6.78. The minimum atomic E-state index is -0.260. The number of hydrogen-bond acceptors (Lipinski definition) is 4. The Morgan fingerprint density at radius 3 is 2.27 bits per heavy atom. The minimum absolute atomic E-state index is 0.260. The van der Waals surface area contributed by atoms with E-state index < -0.39 is 0 Å². The van der Waals surface area contributed by atoms with Crippen molar-refractivity contribution in [1.82, 2.24) is 5.32 Å². The maximum Gasteiger partial charge on any atom is 0.160 e. The fourth-order valence-electron chi connectivity index (χ4n) is 3.06.